The first-order chi connectivity index (χ1) is 35.4. The number of aromatic nitrogens is 2. The Hall–Kier alpha value is -7.40. The summed E-state index contributed by atoms with van der Waals surface area (Å²) >= 11 is 7.21. The summed E-state index contributed by atoms with van der Waals surface area (Å²) in [5, 5.41) is 31.7. The number of benzene rings is 2. The van der Waals surface area contributed by atoms with Crippen LogP contribution in [0, 0.1) is 34.5 Å². The number of pyridine rings is 1. The lowest BCUT2D eigenvalue weighted by Crippen LogP contribution is -2.52. The van der Waals surface area contributed by atoms with Crippen LogP contribution in [0.4, 0.5) is 15.4 Å². The van der Waals surface area contributed by atoms with Crippen LogP contribution in [0.5, 0.6) is 5.75 Å². The van der Waals surface area contributed by atoms with Crippen LogP contribution in [0.1, 0.15) is 92.0 Å². The van der Waals surface area contributed by atoms with E-state index in [9.17, 15) is 39.3 Å². The number of nitriles is 2. The lowest BCUT2D eigenvalue weighted by molar-refractivity contribution is -0.154. The number of nitrogens with two attached hydrogens (primary N) is 1. The number of nitrogens with zero attached hydrogens (tertiary/aromatic N) is 4. The highest BCUT2D eigenvalue weighted by atomic mass is 35.5. The minimum atomic E-state index is -1.19. The van der Waals surface area contributed by atoms with Gasteiger partial charge in [-0.1, -0.05) is 56.3 Å². The zero-order chi connectivity index (χ0) is 55.5. The number of halogens is 1. The van der Waals surface area contributed by atoms with Crippen molar-refractivity contribution in [1.29, 1.82) is 10.5 Å². The molecule has 75 heavy (non-hydrogen) atoms. The van der Waals surface area contributed by atoms with Crippen molar-refractivity contribution < 1.29 is 56.9 Å². The number of carbonyl (C=O) groups is 6. The molecule has 0 aliphatic heterocycles. The molecule has 0 saturated carbocycles. The molecule has 6 N–H and O–H groups in total. The first-order valence-electron chi connectivity index (χ1n) is 23.9. The molecule has 4 aromatic rings. The van der Waals surface area contributed by atoms with Gasteiger partial charge in [0, 0.05) is 47.5 Å². The summed E-state index contributed by atoms with van der Waals surface area (Å²) in [5.41, 5.74) is 6.82. The smallest absolute Gasteiger partial charge is 0.408 e. The van der Waals surface area contributed by atoms with Crippen LogP contribution < -0.4 is 31.7 Å². The molecule has 0 bridgehead atoms. The van der Waals surface area contributed by atoms with Crippen molar-refractivity contribution in [3.63, 3.8) is 0 Å². The molecule has 2 aromatic carbocycles. The van der Waals surface area contributed by atoms with Crippen molar-refractivity contribution in [2.75, 3.05) is 38.6 Å². The third kappa shape index (κ3) is 19.8. The quantitative estimate of drug-likeness (QED) is 0.0143. The highest BCUT2D eigenvalue weighted by Crippen LogP contribution is 2.37. The van der Waals surface area contributed by atoms with Gasteiger partial charge >= 0.3 is 18.2 Å². The molecule has 0 aliphatic carbocycles. The van der Waals surface area contributed by atoms with E-state index in [4.69, 9.17) is 45.4 Å². The van der Waals surface area contributed by atoms with Crippen LogP contribution in [0.3, 0.4) is 0 Å². The van der Waals surface area contributed by atoms with E-state index in [1.807, 2.05) is 0 Å². The van der Waals surface area contributed by atoms with E-state index in [1.54, 1.807) is 104 Å². The molecule has 4 rings (SSSR count). The molecule has 2 heterocycles. The van der Waals surface area contributed by atoms with E-state index in [2.05, 4.69) is 43.4 Å². The number of hydrogen-bond acceptors (Lipinski definition) is 18. The third-order valence-electron chi connectivity index (χ3n) is 10.3. The molecule has 4 amide bonds. The number of esters is 1. The van der Waals surface area contributed by atoms with Gasteiger partial charge < -0.3 is 59.9 Å². The number of hydrogen-bond donors (Lipinski definition) is 5. The maximum Gasteiger partial charge on any atom is 0.408 e. The van der Waals surface area contributed by atoms with E-state index in [1.165, 1.54) is 24.9 Å². The molecule has 0 fully saturated rings. The number of oxazole rings is 1. The van der Waals surface area contributed by atoms with Gasteiger partial charge in [0.05, 0.1) is 24.3 Å². The van der Waals surface area contributed by atoms with Crippen LogP contribution in [0.15, 0.2) is 64.2 Å². The Morgan fingerprint density at radius 3 is 1.99 bits per heavy atom. The second-order valence-corrected chi connectivity index (χ2v) is 20.7. The topological polar surface area (TPSA) is 309 Å². The SMILES string of the molecule is CC(C)[C@H](NC(=O)OC(C)(C)C)C(=O)NCCC(=O)O[C@@H](COCCCNC(=O)[C@@H](NC(=O)OC(C)(C)C)C(C)C=O)COc1ccc(-c2c(C#N)c(N)nc(SCc3coc(-c4ccc(Cl)cc4)n3)c2C#N)cc1. The Morgan fingerprint density at radius 1 is 0.813 bits per heavy atom. The van der Waals surface area contributed by atoms with Gasteiger partial charge in [0.2, 0.25) is 17.7 Å². The number of aldehydes is 1. The van der Waals surface area contributed by atoms with Crippen LogP contribution in [0.25, 0.3) is 22.6 Å². The first kappa shape index (κ1) is 60.2. The number of amides is 4. The minimum absolute atomic E-state index is 0.00254. The van der Waals surface area contributed by atoms with Crippen molar-refractivity contribution in [1.82, 2.24) is 31.2 Å². The zero-order valence-electron chi connectivity index (χ0n) is 43.4. The second kappa shape index (κ2) is 28.3. The summed E-state index contributed by atoms with van der Waals surface area (Å²) in [6.45, 7) is 14.7. The first-order valence-corrected chi connectivity index (χ1v) is 25.2. The molecule has 402 valence electrons. The molecule has 0 saturated heterocycles. The third-order valence-corrected chi connectivity index (χ3v) is 11.6. The van der Waals surface area contributed by atoms with E-state index in [-0.39, 0.29) is 85.0 Å². The number of anilines is 1. The predicted molar refractivity (Wildman–Crippen MR) is 278 cm³/mol. The highest BCUT2D eigenvalue weighted by molar-refractivity contribution is 7.98. The van der Waals surface area contributed by atoms with Crippen molar-refractivity contribution in [3.05, 3.63) is 76.6 Å². The Labute approximate surface area is 445 Å². The molecule has 0 aliphatic rings. The number of rotatable bonds is 25. The van der Waals surface area contributed by atoms with Crippen LogP contribution in [-0.4, -0.2) is 109 Å². The molecular formula is C52H64ClN9O12S. The van der Waals surface area contributed by atoms with Gasteiger partial charge in [-0.2, -0.15) is 10.5 Å². The van der Waals surface area contributed by atoms with Gasteiger partial charge in [0.15, 0.2) is 6.10 Å². The summed E-state index contributed by atoms with van der Waals surface area (Å²) in [6, 6.07) is 15.6. The average molecular weight is 1070 g/mol. The Bertz CT molecular complexity index is 2690. The Balaban J connectivity index is 1.44. The van der Waals surface area contributed by atoms with Crippen molar-refractivity contribution in [2.45, 2.75) is 115 Å². The molecule has 23 heteroatoms. The number of carbonyl (C=O) groups excluding carboxylic acids is 6. The Morgan fingerprint density at radius 2 is 1.40 bits per heavy atom. The van der Waals surface area contributed by atoms with E-state index in [0.29, 0.717) is 34.2 Å². The fourth-order valence-electron chi connectivity index (χ4n) is 6.73. The molecule has 0 spiro atoms. The van der Waals surface area contributed by atoms with Gasteiger partial charge in [-0.25, -0.2) is 19.6 Å². The molecular weight excluding hydrogens is 1010 g/mol. The number of nitrogen functional groups attached to an aromatic ring is 1. The normalized spacial score (nSPS) is 12.9. The summed E-state index contributed by atoms with van der Waals surface area (Å²) in [4.78, 5) is 84.5. The largest absolute Gasteiger partial charge is 0.490 e. The van der Waals surface area contributed by atoms with E-state index in [0.717, 1.165) is 5.56 Å². The van der Waals surface area contributed by atoms with Gasteiger partial charge in [0.25, 0.3) is 0 Å². The predicted octanol–water partition coefficient (Wildman–Crippen LogP) is 7.27. The second-order valence-electron chi connectivity index (χ2n) is 19.3. The van der Waals surface area contributed by atoms with Crippen LogP contribution >= 0.6 is 23.4 Å². The summed E-state index contributed by atoms with van der Waals surface area (Å²) < 4.78 is 33.8. The van der Waals surface area contributed by atoms with Gasteiger partial charge in [-0.15, -0.1) is 0 Å². The van der Waals surface area contributed by atoms with Gasteiger partial charge in [-0.3, -0.25) is 14.4 Å². The maximum atomic E-state index is 13.2. The van der Waals surface area contributed by atoms with Crippen molar-refractivity contribution in [3.8, 4) is 40.5 Å². The zero-order valence-corrected chi connectivity index (χ0v) is 44.9. The van der Waals surface area contributed by atoms with Gasteiger partial charge in [-0.05, 0) is 95.8 Å². The standard InChI is InChI=1S/C52H64ClN9O12S/c1-30(2)42(60-49(67)73-51(4,5)6)45(65)58-21-19-40(64)72-37(27-69-22-10-20-57-46(66)43(31(3)25-63)61-50(68)74-52(7,8)9)28-70-36-17-13-32(14-18-36)41-38(23-54)44(56)62-48(39(41)24-55)75-29-35-26-71-47(59-35)33-11-15-34(53)16-12-33/h11-18,25-26,30-31,37,42-43H,10,19-22,27-29H2,1-9H3,(H2,56,62)(H,57,66)(H,58,65)(H,60,67)(H,61,68)/t31?,37-,42-,43-/m0/s1. The summed E-state index contributed by atoms with van der Waals surface area (Å²) in [7, 11) is 0. The monoisotopic (exact) mass is 1070 g/mol. The lowest BCUT2D eigenvalue weighted by Gasteiger charge is -2.25. The molecule has 0 radical (unpaired) electrons. The summed E-state index contributed by atoms with van der Waals surface area (Å²) in [5.74, 6) is -2.11. The maximum absolute atomic E-state index is 13.2. The van der Waals surface area contributed by atoms with Crippen LogP contribution in [0.2, 0.25) is 5.02 Å². The Kier molecular flexibility index (Phi) is 22.7. The fourth-order valence-corrected chi connectivity index (χ4v) is 7.72. The number of nitrogens with one attached hydrogen (secondary N) is 4. The fraction of sp³-hybridized carbons (Fsp3) is 0.462. The van der Waals surface area contributed by atoms with Crippen molar-refractivity contribution in [2.24, 2.45) is 11.8 Å². The molecule has 21 nitrogen and oxygen atoms in total. The molecule has 2 aromatic heterocycles. The minimum Gasteiger partial charge on any atom is -0.490 e. The lowest BCUT2D eigenvalue weighted by atomic mass is 9.97. The molecule has 4 atom stereocenters. The molecule has 1 unspecified atom stereocenters. The highest BCUT2D eigenvalue weighted by Gasteiger charge is 2.30. The number of thioether (sulfide) groups is 1. The van der Waals surface area contributed by atoms with Crippen LogP contribution in [-0.2, 0) is 43.9 Å². The average Bonchev–Trinajstić information content (AvgIpc) is 3.82. The van der Waals surface area contributed by atoms with E-state index < -0.39 is 65.3 Å². The van der Waals surface area contributed by atoms with Gasteiger partial charge in [0.1, 0.15) is 76.7 Å². The van der Waals surface area contributed by atoms with E-state index >= 15 is 0 Å². The number of ether oxygens (including phenoxy) is 5. The summed E-state index contributed by atoms with van der Waals surface area (Å²) in [6.07, 6.45) is -0.533. The van der Waals surface area contributed by atoms with Crippen molar-refractivity contribution >= 4 is 65.4 Å². The number of alkyl carbamates (subject to hydrolysis) is 2.